The molecule has 0 spiro atoms. The van der Waals surface area contributed by atoms with Crippen LogP contribution < -0.4 is 0 Å². The second kappa shape index (κ2) is 4.89. The van der Waals surface area contributed by atoms with Crippen molar-refractivity contribution in [3.05, 3.63) is 56.7 Å². The van der Waals surface area contributed by atoms with Crippen molar-refractivity contribution < 1.29 is 4.42 Å². The second-order valence-electron chi connectivity index (χ2n) is 3.81. The molecule has 5 heteroatoms. The Morgan fingerprint density at radius 2 is 2.06 bits per heavy atom. The van der Waals surface area contributed by atoms with Gasteiger partial charge in [0.2, 0.25) is 0 Å². The highest BCUT2D eigenvalue weighted by Crippen LogP contribution is 2.40. The van der Waals surface area contributed by atoms with E-state index in [0.29, 0.717) is 11.0 Å². The standard InChI is InChI=1S/C13H7BrCl2OS/c14-9-3-1-2-7-8(6-18-13(7)9)12(16)10-4-5-11(15)17-10/h1-6,12H. The molecule has 0 bridgehead atoms. The zero-order chi connectivity index (χ0) is 12.7. The van der Waals surface area contributed by atoms with Gasteiger partial charge in [0.25, 0.3) is 0 Å². The summed E-state index contributed by atoms with van der Waals surface area (Å²) in [5, 5.41) is 3.24. The highest BCUT2D eigenvalue weighted by atomic mass is 79.9. The smallest absolute Gasteiger partial charge is 0.193 e. The summed E-state index contributed by atoms with van der Waals surface area (Å²) < 4.78 is 7.65. The quantitative estimate of drug-likeness (QED) is 0.492. The average molecular weight is 362 g/mol. The Kier molecular flexibility index (Phi) is 3.41. The van der Waals surface area contributed by atoms with Gasteiger partial charge in [0.15, 0.2) is 5.22 Å². The van der Waals surface area contributed by atoms with Crippen LogP contribution >= 0.6 is 50.5 Å². The van der Waals surface area contributed by atoms with Crippen LogP contribution in [0, 0.1) is 0 Å². The van der Waals surface area contributed by atoms with E-state index in [1.807, 2.05) is 18.2 Å². The molecule has 0 radical (unpaired) electrons. The van der Waals surface area contributed by atoms with E-state index in [2.05, 4.69) is 27.4 Å². The maximum Gasteiger partial charge on any atom is 0.193 e. The highest BCUT2D eigenvalue weighted by Gasteiger charge is 2.19. The monoisotopic (exact) mass is 360 g/mol. The Balaban J connectivity index is 2.12. The van der Waals surface area contributed by atoms with Gasteiger partial charge in [0.05, 0.1) is 0 Å². The number of hydrogen-bond acceptors (Lipinski definition) is 2. The van der Waals surface area contributed by atoms with Gasteiger partial charge in [0, 0.05) is 9.17 Å². The maximum atomic E-state index is 6.46. The molecule has 3 aromatic rings. The van der Waals surface area contributed by atoms with Crippen molar-refractivity contribution in [2.24, 2.45) is 0 Å². The minimum Gasteiger partial charge on any atom is -0.448 e. The fourth-order valence-electron chi connectivity index (χ4n) is 1.86. The highest BCUT2D eigenvalue weighted by molar-refractivity contribution is 9.10. The van der Waals surface area contributed by atoms with Gasteiger partial charge in [-0.05, 0) is 62.1 Å². The minimum absolute atomic E-state index is 0.319. The van der Waals surface area contributed by atoms with Gasteiger partial charge < -0.3 is 4.42 Å². The molecular formula is C13H7BrCl2OS. The third kappa shape index (κ3) is 2.10. The molecule has 0 fully saturated rings. The fraction of sp³-hybridized carbons (Fsp3) is 0.0769. The van der Waals surface area contributed by atoms with Gasteiger partial charge in [0.1, 0.15) is 11.1 Å². The summed E-state index contributed by atoms with van der Waals surface area (Å²) in [6.45, 7) is 0. The molecule has 1 aromatic carbocycles. The number of furan rings is 1. The van der Waals surface area contributed by atoms with Gasteiger partial charge in [-0.3, -0.25) is 0 Å². The van der Waals surface area contributed by atoms with Crippen LogP contribution in [0.2, 0.25) is 5.22 Å². The van der Waals surface area contributed by atoms with Crippen LogP contribution in [0.3, 0.4) is 0 Å². The number of hydrogen-bond donors (Lipinski definition) is 0. The number of thiophene rings is 1. The Bertz CT molecular complexity index is 704. The zero-order valence-electron chi connectivity index (χ0n) is 8.99. The molecule has 2 heterocycles. The molecule has 1 unspecified atom stereocenters. The first-order valence-electron chi connectivity index (χ1n) is 5.21. The molecule has 0 saturated heterocycles. The number of halogens is 3. The van der Waals surface area contributed by atoms with Gasteiger partial charge >= 0.3 is 0 Å². The van der Waals surface area contributed by atoms with Gasteiger partial charge in [-0.2, -0.15) is 0 Å². The molecular weight excluding hydrogens is 355 g/mol. The lowest BCUT2D eigenvalue weighted by Gasteiger charge is -2.05. The molecule has 0 N–H and O–H groups in total. The molecule has 0 amide bonds. The van der Waals surface area contributed by atoms with Crippen LogP contribution in [-0.4, -0.2) is 0 Å². The van der Waals surface area contributed by atoms with Crippen LogP contribution in [0.4, 0.5) is 0 Å². The topological polar surface area (TPSA) is 13.1 Å². The lowest BCUT2D eigenvalue weighted by atomic mass is 10.1. The molecule has 18 heavy (non-hydrogen) atoms. The van der Waals surface area contributed by atoms with Gasteiger partial charge in [-0.15, -0.1) is 22.9 Å². The van der Waals surface area contributed by atoms with E-state index in [4.69, 9.17) is 27.6 Å². The van der Waals surface area contributed by atoms with E-state index in [-0.39, 0.29) is 5.38 Å². The number of rotatable bonds is 2. The lowest BCUT2D eigenvalue weighted by molar-refractivity contribution is 0.519. The first kappa shape index (κ1) is 12.5. The number of benzene rings is 1. The first-order valence-corrected chi connectivity index (χ1v) is 7.70. The van der Waals surface area contributed by atoms with Crippen molar-refractivity contribution in [2.45, 2.75) is 5.38 Å². The van der Waals surface area contributed by atoms with Crippen molar-refractivity contribution in [1.29, 1.82) is 0 Å². The summed E-state index contributed by atoms with van der Waals surface area (Å²) in [4.78, 5) is 0. The Labute approximate surface area is 126 Å². The summed E-state index contributed by atoms with van der Waals surface area (Å²) in [6, 6.07) is 9.60. The van der Waals surface area contributed by atoms with E-state index < -0.39 is 0 Å². The van der Waals surface area contributed by atoms with E-state index in [9.17, 15) is 0 Å². The number of alkyl halides is 1. The van der Waals surface area contributed by atoms with E-state index in [1.54, 1.807) is 17.4 Å². The maximum absolute atomic E-state index is 6.46. The Morgan fingerprint density at radius 3 is 2.78 bits per heavy atom. The molecule has 0 aliphatic rings. The van der Waals surface area contributed by atoms with Crippen molar-refractivity contribution in [2.75, 3.05) is 0 Å². The summed E-state index contributed by atoms with van der Waals surface area (Å²) in [6.07, 6.45) is 0. The van der Waals surface area contributed by atoms with Crippen molar-refractivity contribution >= 4 is 60.6 Å². The molecule has 0 saturated carbocycles. The zero-order valence-corrected chi connectivity index (χ0v) is 12.9. The fourth-order valence-corrected chi connectivity index (χ4v) is 4.03. The lowest BCUT2D eigenvalue weighted by Crippen LogP contribution is -1.89. The summed E-state index contributed by atoms with van der Waals surface area (Å²) in [5.41, 5.74) is 1.05. The van der Waals surface area contributed by atoms with E-state index in [0.717, 1.165) is 15.4 Å². The van der Waals surface area contributed by atoms with Crippen LogP contribution in [0.1, 0.15) is 16.7 Å². The van der Waals surface area contributed by atoms with Gasteiger partial charge in [-0.1, -0.05) is 12.1 Å². The molecule has 2 aromatic heterocycles. The predicted octanol–water partition coefficient (Wildman–Crippen LogP) is 6.24. The molecule has 0 aliphatic carbocycles. The van der Waals surface area contributed by atoms with Crippen molar-refractivity contribution in [1.82, 2.24) is 0 Å². The molecule has 1 atom stereocenters. The summed E-state index contributed by atoms with van der Waals surface area (Å²) in [5.74, 6) is 0.668. The van der Waals surface area contributed by atoms with Gasteiger partial charge in [-0.25, -0.2) is 0 Å². The first-order chi connectivity index (χ1) is 8.66. The average Bonchev–Trinajstić information content (AvgIpc) is 2.95. The predicted molar refractivity (Wildman–Crippen MR) is 80.9 cm³/mol. The second-order valence-corrected chi connectivity index (χ2v) is 6.35. The Hall–Kier alpha value is -0.480. The van der Waals surface area contributed by atoms with Crippen LogP contribution in [0.15, 0.2) is 44.6 Å². The molecule has 1 nitrogen and oxygen atoms in total. The van der Waals surface area contributed by atoms with Crippen LogP contribution in [0.5, 0.6) is 0 Å². The van der Waals surface area contributed by atoms with Crippen molar-refractivity contribution in [3.8, 4) is 0 Å². The SMILES string of the molecule is Clc1ccc(C(Cl)c2csc3c(Br)cccc23)o1. The minimum atomic E-state index is -0.319. The van der Waals surface area contributed by atoms with Crippen LogP contribution in [-0.2, 0) is 0 Å². The normalized spacial score (nSPS) is 13.1. The Morgan fingerprint density at radius 1 is 1.22 bits per heavy atom. The third-order valence-corrected chi connectivity index (χ3v) is 5.32. The van der Waals surface area contributed by atoms with E-state index >= 15 is 0 Å². The van der Waals surface area contributed by atoms with E-state index in [1.165, 1.54) is 4.70 Å². The number of fused-ring (bicyclic) bond motifs is 1. The van der Waals surface area contributed by atoms with Crippen LogP contribution in [0.25, 0.3) is 10.1 Å². The molecule has 3 rings (SSSR count). The summed E-state index contributed by atoms with van der Waals surface area (Å²) >= 11 is 17.4. The largest absolute Gasteiger partial charge is 0.448 e. The summed E-state index contributed by atoms with van der Waals surface area (Å²) in [7, 11) is 0. The molecule has 92 valence electrons. The third-order valence-electron chi connectivity index (χ3n) is 2.70. The molecule has 0 aliphatic heterocycles. The van der Waals surface area contributed by atoms with Crippen molar-refractivity contribution in [3.63, 3.8) is 0 Å².